The van der Waals surface area contributed by atoms with Gasteiger partial charge in [-0.15, -0.1) is 0 Å². The quantitative estimate of drug-likeness (QED) is 0.0407. The van der Waals surface area contributed by atoms with Crippen LogP contribution < -0.4 is 24.8 Å². The van der Waals surface area contributed by atoms with Gasteiger partial charge in [0, 0.05) is 12.1 Å². The number of carbonyl (C=O) groups is 1. The zero-order valence-electron chi connectivity index (χ0n) is 30.4. The van der Waals surface area contributed by atoms with Gasteiger partial charge in [0.15, 0.2) is 12.8 Å². The molecule has 0 aliphatic rings. The van der Waals surface area contributed by atoms with Crippen LogP contribution in [-0.2, 0) is 4.79 Å². The van der Waals surface area contributed by atoms with Gasteiger partial charge >= 0.3 is 0 Å². The molecular formula is C41H57Cl3N2O5. The van der Waals surface area contributed by atoms with Gasteiger partial charge < -0.3 is 30.0 Å². The molecule has 0 aliphatic heterocycles. The molecule has 1 atom stereocenters. The molecule has 1 unspecified atom stereocenters. The summed E-state index contributed by atoms with van der Waals surface area (Å²) in [6.07, 6.45) is 21.2. The second-order valence-corrected chi connectivity index (χ2v) is 14.2. The molecule has 0 saturated carbocycles. The van der Waals surface area contributed by atoms with Crippen LogP contribution in [0.1, 0.15) is 123 Å². The molecule has 0 spiro atoms. The molecular weight excluding hydrogens is 707 g/mol. The van der Waals surface area contributed by atoms with Gasteiger partial charge in [-0.05, 0) is 55.3 Å². The summed E-state index contributed by atoms with van der Waals surface area (Å²) in [6, 6.07) is 15.1. The van der Waals surface area contributed by atoms with E-state index in [4.69, 9.17) is 49.0 Å². The van der Waals surface area contributed by atoms with E-state index in [9.17, 15) is 9.90 Å². The van der Waals surface area contributed by atoms with Crippen molar-refractivity contribution in [3.05, 3.63) is 69.7 Å². The third kappa shape index (κ3) is 16.9. The number of amides is 1. The van der Waals surface area contributed by atoms with E-state index in [1.54, 1.807) is 30.3 Å². The molecule has 0 fully saturated rings. The van der Waals surface area contributed by atoms with Crippen molar-refractivity contribution in [2.45, 2.75) is 129 Å². The third-order valence-corrected chi connectivity index (χ3v) is 9.82. The van der Waals surface area contributed by atoms with Crippen molar-refractivity contribution in [3.8, 4) is 23.0 Å². The summed E-state index contributed by atoms with van der Waals surface area (Å²) in [6.45, 7) is 4.85. The maximum absolute atomic E-state index is 13.1. The van der Waals surface area contributed by atoms with Crippen LogP contribution in [0.15, 0.2) is 54.6 Å². The van der Waals surface area contributed by atoms with Gasteiger partial charge in [-0.1, -0.05) is 145 Å². The SMILES string of the molecule is CCCCCCCCCCCCCCCCCCOc1ccc(OC(CC)C(=O)Nc2cc(O)c(NCOc3ccc(Cl)c(Cl)c3)cc2Cl)cc1. The number of unbranched alkanes of at least 4 members (excludes halogenated alkanes) is 15. The van der Waals surface area contributed by atoms with Crippen molar-refractivity contribution in [2.24, 2.45) is 0 Å². The van der Waals surface area contributed by atoms with Crippen LogP contribution in [0.3, 0.4) is 0 Å². The Balaban J connectivity index is 1.28. The predicted octanol–water partition coefficient (Wildman–Crippen LogP) is 13.2. The number of hydrogen-bond acceptors (Lipinski definition) is 6. The van der Waals surface area contributed by atoms with E-state index in [2.05, 4.69) is 17.6 Å². The maximum Gasteiger partial charge on any atom is 0.265 e. The number of ether oxygens (including phenoxy) is 3. The fourth-order valence-electron chi connectivity index (χ4n) is 5.72. The second kappa shape index (κ2) is 25.1. The Bertz CT molecular complexity index is 1420. The van der Waals surface area contributed by atoms with Crippen molar-refractivity contribution in [1.29, 1.82) is 0 Å². The molecule has 0 saturated heterocycles. The Hall–Kier alpha value is -3.00. The minimum absolute atomic E-state index is 0.0304. The van der Waals surface area contributed by atoms with E-state index >= 15 is 0 Å². The lowest BCUT2D eigenvalue weighted by atomic mass is 10.0. The van der Waals surface area contributed by atoms with Crippen LogP contribution in [0.25, 0.3) is 0 Å². The van der Waals surface area contributed by atoms with Crippen molar-refractivity contribution in [1.82, 2.24) is 0 Å². The number of phenolic OH excluding ortho intramolecular Hbond substituents is 1. The Morgan fingerprint density at radius 2 is 1.18 bits per heavy atom. The van der Waals surface area contributed by atoms with Crippen molar-refractivity contribution < 1.29 is 24.1 Å². The highest BCUT2D eigenvalue weighted by molar-refractivity contribution is 6.42. The van der Waals surface area contributed by atoms with E-state index in [0.717, 1.165) is 12.2 Å². The summed E-state index contributed by atoms with van der Waals surface area (Å²) < 4.78 is 17.5. The van der Waals surface area contributed by atoms with Gasteiger partial charge in [-0.25, -0.2) is 0 Å². The number of aromatic hydroxyl groups is 1. The van der Waals surface area contributed by atoms with Crippen molar-refractivity contribution in [3.63, 3.8) is 0 Å². The van der Waals surface area contributed by atoms with E-state index in [0.29, 0.717) is 40.3 Å². The first kappa shape index (κ1) is 42.4. The van der Waals surface area contributed by atoms with Crippen LogP contribution in [0.4, 0.5) is 11.4 Å². The molecule has 0 bridgehead atoms. The lowest BCUT2D eigenvalue weighted by Crippen LogP contribution is -2.32. The van der Waals surface area contributed by atoms with E-state index in [1.165, 1.54) is 108 Å². The first-order chi connectivity index (χ1) is 24.8. The van der Waals surface area contributed by atoms with Gasteiger partial charge in [-0.3, -0.25) is 4.79 Å². The number of anilines is 2. The van der Waals surface area contributed by atoms with E-state index in [-0.39, 0.29) is 29.1 Å². The number of phenols is 1. The Kier molecular flexibility index (Phi) is 20.8. The van der Waals surface area contributed by atoms with Crippen LogP contribution in [0.5, 0.6) is 23.0 Å². The summed E-state index contributed by atoms with van der Waals surface area (Å²) in [5, 5.41) is 17.3. The molecule has 51 heavy (non-hydrogen) atoms. The van der Waals surface area contributed by atoms with Crippen LogP contribution in [0.2, 0.25) is 15.1 Å². The van der Waals surface area contributed by atoms with Gasteiger partial charge in [0.25, 0.3) is 5.91 Å². The number of halogens is 3. The topological polar surface area (TPSA) is 89.1 Å². The number of rotatable bonds is 27. The number of nitrogens with one attached hydrogen (secondary N) is 2. The highest BCUT2D eigenvalue weighted by Crippen LogP contribution is 2.34. The molecule has 3 aromatic rings. The van der Waals surface area contributed by atoms with Gasteiger partial charge in [0.1, 0.15) is 23.0 Å². The number of hydrogen-bond donors (Lipinski definition) is 3. The molecule has 3 rings (SSSR count). The molecule has 10 heteroatoms. The largest absolute Gasteiger partial charge is 0.506 e. The second-order valence-electron chi connectivity index (χ2n) is 13.0. The fraction of sp³-hybridized carbons (Fsp3) is 0.537. The monoisotopic (exact) mass is 762 g/mol. The molecule has 1 amide bonds. The highest BCUT2D eigenvalue weighted by Gasteiger charge is 2.20. The average molecular weight is 764 g/mol. The zero-order chi connectivity index (χ0) is 36.7. The summed E-state index contributed by atoms with van der Waals surface area (Å²) in [5.41, 5.74) is 0.591. The predicted molar refractivity (Wildman–Crippen MR) is 214 cm³/mol. The first-order valence-corrected chi connectivity index (χ1v) is 20.0. The smallest absolute Gasteiger partial charge is 0.265 e. The summed E-state index contributed by atoms with van der Waals surface area (Å²) in [5.74, 6) is 1.34. The molecule has 7 nitrogen and oxygen atoms in total. The highest BCUT2D eigenvalue weighted by atomic mass is 35.5. The fourth-order valence-corrected chi connectivity index (χ4v) is 6.22. The maximum atomic E-state index is 13.1. The summed E-state index contributed by atoms with van der Waals surface area (Å²) >= 11 is 18.4. The lowest BCUT2D eigenvalue weighted by Gasteiger charge is -2.19. The molecule has 0 radical (unpaired) electrons. The molecule has 0 aliphatic carbocycles. The summed E-state index contributed by atoms with van der Waals surface area (Å²) in [4.78, 5) is 13.1. The standard InChI is InChI=1S/C41H57Cl3N2O5/c1-3-5-6-7-8-9-10-11-12-13-14-15-16-17-18-19-26-49-31-20-22-32(23-21-31)51-40(4-2)41(48)46-37-29-39(47)38(28-36(37)44)45-30-50-33-24-25-34(42)35(43)27-33/h20-25,27-29,40,45,47H,3-19,26,30H2,1-2H3,(H,46,48). The molecule has 3 N–H and O–H groups in total. The average Bonchev–Trinajstić information content (AvgIpc) is 3.12. The van der Waals surface area contributed by atoms with Crippen molar-refractivity contribution in [2.75, 3.05) is 24.0 Å². The summed E-state index contributed by atoms with van der Waals surface area (Å²) in [7, 11) is 0. The lowest BCUT2D eigenvalue weighted by molar-refractivity contribution is -0.122. The van der Waals surface area contributed by atoms with E-state index in [1.807, 2.05) is 19.1 Å². The zero-order valence-corrected chi connectivity index (χ0v) is 32.7. The minimum Gasteiger partial charge on any atom is -0.506 e. The Labute approximate surface area is 320 Å². The molecule has 0 heterocycles. The first-order valence-electron chi connectivity index (χ1n) is 18.8. The van der Waals surface area contributed by atoms with Gasteiger partial charge in [0.05, 0.1) is 33.0 Å². The number of benzene rings is 3. The van der Waals surface area contributed by atoms with E-state index < -0.39 is 6.10 Å². The van der Waals surface area contributed by atoms with Gasteiger partial charge in [0.2, 0.25) is 0 Å². The molecule has 3 aromatic carbocycles. The van der Waals surface area contributed by atoms with Crippen LogP contribution in [0, 0.1) is 0 Å². The van der Waals surface area contributed by atoms with Gasteiger partial charge in [-0.2, -0.15) is 0 Å². The molecule has 282 valence electrons. The third-order valence-electron chi connectivity index (χ3n) is 8.77. The Morgan fingerprint density at radius 1 is 0.627 bits per heavy atom. The number of carbonyl (C=O) groups excluding carboxylic acids is 1. The Morgan fingerprint density at radius 3 is 1.75 bits per heavy atom. The minimum atomic E-state index is -0.766. The van der Waals surface area contributed by atoms with Crippen LogP contribution >= 0.6 is 34.8 Å². The van der Waals surface area contributed by atoms with Crippen LogP contribution in [-0.4, -0.2) is 30.5 Å². The molecule has 0 aromatic heterocycles. The van der Waals surface area contributed by atoms with Crippen molar-refractivity contribution >= 4 is 52.1 Å². The normalized spacial score (nSPS) is 11.6.